The van der Waals surface area contributed by atoms with Gasteiger partial charge in [-0.15, -0.1) is 0 Å². The van der Waals surface area contributed by atoms with Gasteiger partial charge in [-0.1, -0.05) is 35.9 Å². The number of aromatic nitrogens is 2. The van der Waals surface area contributed by atoms with Crippen molar-refractivity contribution in [2.24, 2.45) is 5.10 Å². The van der Waals surface area contributed by atoms with Gasteiger partial charge in [0.2, 0.25) is 0 Å². The maximum atomic E-state index is 12.2. The molecule has 0 aliphatic rings. The van der Waals surface area contributed by atoms with Gasteiger partial charge in [-0.25, -0.2) is 5.43 Å². The number of halogens is 1. The molecule has 0 bridgehead atoms. The summed E-state index contributed by atoms with van der Waals surface area (Å²) in [5, 5.41) is 9.08. The van der Waals surface area contributed by atoms with Crippen molar-refractivity contribution in [2.75, 3.05) is 0 Å². The van der Waals surface area contributed by atoms with Crippen LogP contribution in [0, 0.1) is 13.8 Å². The minimum Gasteiger partial charge on any atom is -0.267 e. The first kappa shape index (κ1) is 17.9. The van der Waals surface area contributed by atoms with E-state index in [0.717, 1.165) is 22.5 Å². The van der Waals surface area contributed by atoms with Crippen LogP contribution in [0.25, 0.3) is 0 Å². The number of aryl methyl sites for hydroxylation is 2. The molecule has 0 saturated heterocycles. The maximum Gasteiger partial charge on any atom is 0.271 e. The third-order valence-electron chi connectivity index (χ3n) is 3.90. The number of carbonyl (C=O) groups excluding carboxylic acids is 1. The van der Waals surface area contributed by atoms with Crippen LogP contribution < -0.4 is 5.43 Å². The number of amides is 1. The number of hydrogen-bond donors (Lipinski definition) is 1. The predicted octanol–water partition coefficient (Wildman–Crippen LogP) is 3.97. The quantitative estimate of drug-likeness (QED) is 0.548. The minimum atomic E-state index is -0.257. The normalized spacial score (nSPS) is 11.0. The molecule has 3 aromatic rings. The molecule has 0 radical (unpaired) electrons. The van der Waals surface area contributed by atoms with Crippen LogP contribution in [0.4, 0.5) is 0 Å². The average molecular weight is 367 g/mol. The van der Waals surface area contributed by atoms with Gasteiger partial charge in [-0.2, -0.15) is 10.2 Å². The lowest BCUT2D eigenvalue weighted by Gasteiger charge is -2.06. The van der Waals surface area contributed by atoms with Crippen LogP contribution in [0.3, 0.4) is 0 Å². The first-order valence-electron chi connectivity index (χ1n) is 8.20. The van der Waals surface area contributed by atoms with Crippen molar-refractivity contribution in [3.05, 3.63) is 87.7 Å². The van der Waals surface area contributed by atoms with Gasteiger partial charge in [0.25, 0.3) is 5.91 Å². The number of carbonyl (C=O) groups is 1. The lowest BCUT2D eigenvalue weighted by molar-refractivity contribution is 0.0955. The molecule has 0 aliphatic carbocycles. The summed E-state index contributed by atoms with van der Waals surface area (Å²) in [4.78, 5) is 12.2. The zero-order valence-corrected chi connectivity index (χ0v) is 15.4. The van der Waals surface area contributed by atoms with Crippen molar-refractivity contribution in [2.45, 2.75) is 20.4 Å². The van der Waals surface area contributed by atoms with Crippen molar-refractivity contribution in [1.29, 1.82) is 0 Å². The molecule has 0 unspecified atom stereocenters. The van der Waals surface area contributed by atoms with Crippen LogP contribution in [0.1, 0.15) is 32.9 Å². The predicted molar refractivity (Wildman–Crippen MR) is 104 cm³/mol. The molecule has 0 aliphatic heterocycles. The molecule has 1 aromatic heterocycles. The summed E-state index contributed by atoms with van der Waals surface area (Å²) in [5.41, 5.74) is 7.12. The van der Waals surface area contributed by atoms with E-state index in [2.05, 4.69) is 15.6 Å². The van der Waals surface area contributed by atoms with Gasteiger partial charge < -0.3 is 0 Å². The minimum absolute atomic E-state index is 0.257. The SMILES string of the molecule is Cc1cc(C)n(Cc2ccc(C(=O)NN=Cc3ccc(Cl)cc3)cc2)n1. The monoisotopic (exact) mass is 366 g/mol. The lowest BCUT2D eigenvalue weighted by atomic mass is 10.1. The van der Waals surface area contributed by atoms with Gasteiger partial charge in [0.15, 0.2) is 0 Å². The Bertz CT molecular complexity index is 927. The topological polar surface area (TPSA) is 59.3 Å². The van der Waals surface area contributed by atoms with E-state index < -0.39 is 0 Å². The highest BCUT2D eigenvalue weighted by Crippen LogP contribution is 2.10. The molecule has 3 rings (SSSR count). The molecule has 0 spiro atoms. The largest absolute Gasteiger partial charge is 0.271 e. The van der Waals surface area contributed by atoms with Crippen molar-refractivity contribution >= 4 is 23.7 Å². The molecule has 1 heterocycles. The Balaban J connectivity index is 1.59. The zero-order valence-electron chi connectivity index (χ0n) is 14.6. The van der Waals surface area contributed by atoms with E-state index in [1.165, 1.54) is 0 Å². The van der Waals surface area contributed by atoms with Gasteiger partial charge in [0, 0.05) is 16.3 Å². The fourth-order valence-corrected chi connectivity index (χ4v) is 2.67. The number of nitrogens with zero attached hydrogens (tertiary/aromatic N) is 3. The summed E-state index contributed by atoms with van der Waals surface area (Å²) in [6, 6.07) is 16.7. The van der Waals surface area contributed by atoms with E-state index in [-0.39, 0.29) is 5.91 Å². The standard InChI is InChI=1S/C20H19ClN4O/c1-14-11-15(2)25(24-14)13-17-3-7-18(8-4-17)20(26)23-22-12-16-5-9-19(21)10-6-16/h3-12H,13H2,1-2H3,(H,23,26). The van der Waals surface area contributed by atoms with E-state index in [9.17, 15) is 4.79 Å². The maximum absolute atomic E-state index is 12.2. The number of benzene rings is 2. The van der Waals surface area contributed by atoms with Gasteiger partial charge >= 0.3 is 0 Å². The lowest BCUT2D eigenvalue weighted by Crippen LogP contribution is -2.17. The molecule has 0 saturated carbocycles. The third-order valence-corrected chi connectivity index (χ3v) is 4.15. The summed E-state index contributed by atoms with van der Waals surface area (Å²) in [5.74, 6) is -0.257. The van der Waals surface area contributed by atoms with Crippen LogP contribution in [-0.4, -0.2) is 21.9 Å². The Hall–Kier alpha value is -2.92. The molecular weight excluding hydrogens is 348 g/mol. The second-order valence-corrected chi connectivity index (χ2v) is 6.47. The number of nitrogens with one attached hydrogen (secondary N) is 1. The van der Waals surface area contributed by atoms with Crippen molar-refractivity contribution in [3.8, 4) is 0 Å². The first-order valence-corrected chi connectivity index (χ1v) is 8.58. The number of hydrogen-bond acceptors (Lipinski definition) is 3. The molecule has 1 amide bonds. The van der Waals surface area contributed by atoms with E-state index in [1.807, 2.05) is 48.9 Å². The molecule has 1 N–H and O–H groups in total. The highest BCUT2D eigenvalue weighted by atomic mass is 35.5. The van der Waals surface area contributed by atoms with Crippen LogP contribution in [0.5, 0.6) is 0 Å². The van der Waals surface area contributed by atoms with Gasteiger partial charge in [-0.3, -0.25) is 9.48 Å². The molecule has 132 valence electrons. The highest BCUT2D eigenvalue weighted by molar-refractivity contribution is 6.30. The summed E-state index contributed by atoms with van der Waals surface area (Å²) >= 11 is 5.83. The van der Waals surface area contributed by atoms with Crippen LogP contribution in [-0.2, 0) is 6.54 Å². The summed E-state index contributed by atoms with van der Waals surface area (Å²) < 4.78 is 1.95. The average Bonchev–Trinajstić information content (AvgIpc) is 2.94. The first-order chi connectivity index (χ1) is 12.5. The Morgan fingerprint density at radius 1 is 1.15 bits per heavy atom. The molecular formula is C20H19ClN4O. The van der Waals surface area contributed by atoms with Crippen molar-refractivity contribution in [1.82, 2.24) is 15.2 Å². The van der Waals surface area contributed by atoms with Gasteiger partial charge in [0.1, 0.15) is 0 Å². The molecule has 0 fully saturated rings. The second kappa shape index (κ2) is 7.97. The Labute approximate surface area is 157 Å². The third kappa shape index (κ3) is 4.58. The van der Waals surface area contributed by atoms with E-state index in [4.69, 9.17) is 11.6 Å². The van der Waals surface area contributed by atoms with Crippen LogP contribution in [0.15, 0.2) is 59.7 Å². The molecule has 2 aromatic carbocycles. The smallest absolute Gasteiger partial charge is 0.267 e. The second-order valence-electron chi connectivity index (χ2n) is 6.03. The fourth-order valence-electron chi connectivity index (χ4n) is 2.55. The van der Waals surface area contributed by atoms with Gasteiger partial charge in [0.05, 0.1) is 18.5 Å². The zero-order chi connectivity index (χ0) is 18.5. The fraction of sp³-hybridized carbons (Fsp3) is 0.150. The van der Waals surface area contributed by atoms with E-state index >= 15 is 0 Å². The summed E-state index contributed by atoms with van der Waals surface area (Å²) in [6.45, 7) is 4.68. The Morgan fingerprint density at radius 3 is 2.46 bits per heavy atom. The number of rotatable bonds is 5. The Kier molecular flexibility index (Phi) is 5.49. The van der Waals surface area contributed by atoms with E-state index in [1.54, 1.807) is 30.5 Å². The number of hydrazone groups is 1. The van der Waals surface area contributed by atoms with Crippen LogP contribution >= 0.6 is 11.6 Å². The van der Waals surface area contributed by atoms with Crippen molar-refractivity contribution in [3.63, 3.8) is 0 Å². The Morgan fingerprint density at radius 2 is 1.85 bits per heavy atom. The van der Waals surface area contributed by atoms with Crippen LogP contribution in [0.2, 0.25) is 5.02 Å². The highest BCUT2D eigenvalue weighted by Gasteiger charge is 2.06. The summed E-state index contributed by atoms with van der Waals surface area (Å²) in [7, 11) is 0. The van der Waals surface area contributed by atoms with Gasteiger partial charge in [-0.05, 0) is 55.3 Å². The molecule has 6 heteroatoms. The summed E-state index contributed by atoms with van der Waals surface area (Å²) in [6.07, 6.45) is 1.57. The molecule has 26 heavy (non-hydrogen) atoms. The van der Waals surface area contributed by atoms with Crippen molar-refractivity contribution < 1.29 is 4.79 Å². The molecule has 0 atom stereocenters. The molecule has 5 nitrogen and oxygen atoms in total. The van der Waals surface area contributed by atoms with E-state index in [0.29, 0.717) is 17.1 Å².